The summed E-state index contributed by atoms with van der Waals surface area (Å²) < 4.78 is 38.9. The Morgan fingerprint density at radius 2 is 1.24 bits per heavy atom. The lowest BCUT2D eigenvalue weighted by atomic mass is 10.1. The first-order valence-corrected chi connectivity index (χ1v) is 13.7. The summed E-state index contributed by atoms with van der Waals surface area (Å²) in [7, 11) is -3.56. The SMILES string of the molecule is CC(C)(C)OC(=O)C/C=C/C(NC(=O)OC(C)(C)C)C(=O)N[C@H](/C=C/S(C)(=O)=O)CC(=O)OC(C)(C)C. The van der Waals surface area contributed by atoms with Crippen molar-refractivity contribution in [3.63, 3.8) is 0 Å². The van der Waals surface area contributed by atoms with Gasteiger partial charge in [-0.25, -0.2) is 13.2 Å². The predicted molar refractivity (Wildman–Crippen MR) is 139 cm³/mol. The number of carbonyl (C=O) groups excluding carboxylic acids is 4. The van der Waals surface area contributed by atoms with Crippen LogP contribution in [0.15, 0.2) is 23.6 Å². The Hall–Kier alpha value is -2.89. The average molecular weight is 547 g/mol. The second kappa shape index (κ2) is 13.6. The van der Waals surface area contributed by atoms with E-state index in [9.17, 15) is 27.6 Å². The number of amides is 2. The molecule has 0 saturated heterocycles. The summed E-state index contributed by atoms with van der Waals surface area (Å²) in [6.45, 7) is 15.1. The van der Waals surface area contributed by atoms with E-state index in [1.54, 1.807) is 62.3 Å². The highest BCUT2D eigenvalue weighted by molar-refractivity contribution is 7.93. The van der Waals surface area contributed by atoms with Crippen LogP contribution in [0.1, 0.15) is 75.2 Å². The van der Waals surface area contributed by atoms with Gasteiger partial charge in [0.25, 0.3) is 0 Å². The second-order valence-electron chi connectivity index (χ2n) is 11.4. The number of esters is 2. The quantitative estimate of drug-likeness (QED) is 0.239. The van der Waals surface area contributed by atoms with Gasteiger partial charge >= 0.3 is 18.0 Å². The van der Waals surface area contributed by atoms with E-state index in [4.69, 9.17) is 14.2 Å². The predicted octanol–water partition coefficient (Wildman–Crippen LogP) is 2.94. The van der Waals surface area contributed by atoms with Crippen LogP contribution in [0.4, 0.5) is 4.79 Å². The van der Waals surface area contributed by atoms with Crippen LogP contribution >= 0.6 is 0 Å². The first-order valence-electron chi connectivity index (χ1n) is 11.7. The van der Waals surface area contributed by atoms with Crippen LogP contribution < -0.4 is 10.6 Å². The summed E-state index contributed by atoms with van der Waals surface area (Å²) in [5.41, 5.74) is -2.34. The van der Waals surface area contributed by atoms with Gasteiger partial charge in [-0.3, -0.25) is 14.4 Å². The van der Waals surface area contributed by atoms with Crippen LogP contribution in [0.25, 0.3) is 0 Å². The van der Waals surface area contributed by atoms with Crippen LogP contribution in [0.2, 0.25) is 0 Å². The molecule has 0 aliphatic rings. The first kappa shape index (κ1) is 34.1. The maximum Gasteiger partial charge on any atom is 0.408 e. The molecule has 0 spiro atoms. The molecule has 0 aliphatic heterocycles. The van der Waals surface area contributed by atoms with Gasteiger partial charge in [-0.2, -0.15) is 0 Å². The van der Waals surface area contributed by atoms with Gasteiger partial charge in [0.2, 0.25) is 5.91 Å². The summed E-state index contributed by atoms with van der Waals surface area (Å²) in [5.74, 6) is -2.00. The van der Waals surface area contributed by atoms with Crippen LogP contribution in [0.3, 0.4) is 0 Å². The number of carbonyl (C=O) groups is 4. The largest absolute Gasteiger partial charge is 0.460 e. The van der Waals surface area contributed by atoms with Gasteiger partial charge in [-0.15, -0.1) is 0 Å². The number of hydrogen-bond acceptors (Lipinski definition) is 9. The molecule has 0 radical (unpaired) electrons. The molecule has 2 amide bonds. The number of sulfone groups is 1. The second-order valence-corrected chi connectivity index (χ2v) is 13.3. The van der Waals surface area contributed by atoms with Crippen molar-refractivity contribution in [3.8, 4) is 0 Å². The van der Waals surface area contributed by atoms with Crippen molar-refractivity contribution >= 4 is 33.8 Å². The summed E-state index contributed by atoms with van der Waals surface area (Å²) >= 11 is 0. The average Bonchev–Trinajstić information content (AvgIpc) is 2.60. The van der Waals surface area contributed by atoms with Crippen molar-refractivity contribution in [2.75, 3.05) is 6.26 Å². The van der Waals surface area contributed by atoms with E-state index in [0.29, 0.717) is 0 Å². The van der Waals surface area contributed by atoms with E-state index in [-0.39, 0.29) is 12.8 Å². The van der Waals surface area contributed by atoms with Crippen LogP contribution in [0, 0.1) is 0 Å². The lowest BCUT2D eigenvalue weighted by molar-refractivity contribution is -0.155. The van der Waals surface area contributed by atoms with E-state index in [1.807, 2.05) is 0 Å². The maximum atomic E-state index is 13.1. The third-order valence-electron chi connectivity index (χ3n) is 3.68. The standard InChI is InChI=1S/C25H42N2O9S/c1-23(2,3)34-19(28)13-11-12-18(27-22(31)36-25(7,8)9)21(30)26-17(14-15-37(10,32)33)16-20(29)35-24(4,5)6/h11-12,14-15,17-18H,13,16H2,1-10H3,(H,26,30)(H,27,31)/b12-11+,15-14+/t17-,18?/m1/s1. The molecule has 0 fully saturated rings. The fraction of sp³-hybridized carbons (Fsp3) is 0.680. The molecule has 0 bridgehead atoms. The lowest BCUT2D eigenvalue weighted by Crippen LogP contribution is -2.50. The molecule has 11 nitrogen and oxygen atoms in total. The summed E-state index contributed by atoms with van der Waals surface area (Å²) in [5, 5.41) is 5.77. The van der Waals surface area contributed by atoms with Crippen molar-refractivity contribution in [1.29, 1.82) is 0 Å². The van der Waals surface area contributed by atoms with Gasteiger partial charge in [0.15, 0.2) is 9.84 Å². The Labute approximate surface area is 220 Å². The Morgan fingerprint density at radius 1 is 0.757 bits per heavy atom. The zero-order valence-corrected chi connectivity index (χ0v) is 24.3. The third kappa shape index (κ3) is 19.9. The number of nitrogens with one attached hydrogen (secondary N) is 2. The Balaban J connectivity index is 5.82. The van der Waals surface area contributed by atoms with E-state index in [1.165, 1.54) is 12.2 Å². The molecule has 0 aromatic heterocycles. The normalized spacial score (nSPS) is 14.6. The zero-order valence-electron chi connectivity index (χ0n) is 23.5. The Morgan fingerprint density at radius 3 is 1.70 bits per heavy atom. The van der Waals surface area contributed by atoms with Gasteiger partial charge in [0.1, 0.15) is 22.8 Å². The minimum Gasteiger partial charge on any atom is -0.460 e. The van der Waals surface area contributed by atoms with Crippen LogP contribution in [-0.4, -0.2) is 67.5 Å². The lowest BCUT2D eigenvalue weighted by Gasteiger charge is -2.24. The van der Waals surface area contributed by atoms with Gasteiger partial charge < -0.3 is 24.8 Å². The van der Waals surface area contributed by atoms with Crippen molar-refractivity contribution in [2.24, 2.45) is 0 Å². The fourth-order valence-corrected chi connectivity index (χ4v) is 3.03. The molecule has 0 saturated carbocycles. The number of hydrogen-bond donors (Lipinski definition) is 2. The van der Waals surface area contributed by atoms with Gasteiger partial charge in [-0.1, -0.05) is 18.2 Å². The molecule has 0 rings (SSSR count). The Bertz CT molecular complexity index is 979. The maximum absolute atomic E-state index is 13.1. The molecule has 2 N–H and O–H groups in total. The van der Waals surface area contributed by atoms with Gasteiger partial charge in [0, 0.05) is 11.7 Å². The zero-order chi connectivity index (χ0) is 29.2. The number of alkyl carbamates (subject to hydrolysis) is 1. The molecule has 212 valence electrons. The Kier molecular flexibility index (Phi) is 12.5. The topological polar surface area (TPSA) is 154 Å². The summed E-state index contributed by atoms with van der Waals surface area (Å²) in [6.07, 6.45) is 3.29. The fourth-order valence-electron chi connectivity index (χ4n) is 2.56. The smallest absolute Gasteiger partial charge is 0.408 e. The first-order chi connectivity index (χ1) is 16.5. The minimum absolute atomic E-state index is 0.174. The van der Waals surface area contributed by atoms with E-state index in [2.05, 4.69) is 10.6 Å². The highest BCUT2D eigenvalue weighted by atomic mass is 32.2. The molecular weight excluding hydrogens is 504 g/mol. The summed E-state index contributed by atoms with van der Waals surface area (Å²) in [6, 6.07) is -2.38. The van der Waals surface area contributed by atoms with E-state index in [0.717, 1.165) is 17.7 Å². The molecular formula is C25H42N2O9S. The van der Waals surface area contributed by atoms with Crippen LogP contribution in [-0.2, 0) is 38.4 Å². The molecule has 0 aromatic rings. The highest BCUT2D eigenvalue weighted by Gasteiger charge is 2.26. The number of ether oxygens (including phenoxy) is 3. The van der Waals surface area contributed by atoms with Crippen LogP contribution in [0.5, 0.6) is 0 Å². The molecule has 37 heavy (non-hydrogen) atoms. The molecule has 0 aromatic carbocycles. The monoisotopic (exact) mass is 546 g/mol. The molecule has 12 heteroatoms. The van der Waals surface area contributed by atoms with Crippen molar-refractivity contribution in [2.45, 2.75) is 104 Å². The van der Waals surface area contributed by atoms with Crippen molar-refractivity contribution < 1.29 is 41.8 Å². The van der Waals surface area contributed by atoms with Gasteiger partial charge in [-0.05, 0) is 62.3 Å². The minimum atomic E-state index is -3.56. The summed E-state index contributed by atoms with van der Waals surface area (Å²) in [4.78, 5) is 49.7. The van der Waals surface area contributed by atoms with Gasteiger partial charge in [0.05, 0.1) is 18.9 Å². The van der Waals surface area contributed by atoms with Crippen molar-refractivity contribution in [3.05, 3.63) is 23.6 Å². The van der Waals surface area contributed by atoms with Crippen molar-refractivity contribution in [1.82, 2.24) is 10.6 Å². The third-order valence-corrected chi connectivity index (χ3v) is 4.33. The molecule has 0 aliphatic carbocycles. The highest BCUT2D eigenvalue weighted by Crippen LogP contribution is 2.12. The number of rotatable bonds is 10. The molecule has 0 heterocycles. The van der Waals surface area contributed by atoms with E-state index < -0.39 is 62.7 Å². The van der Waals surface area contributed by atoms with E-state index >= 15 is 0 Å². The molecule has 1 unspecified atom stereocenters. The molecule has 2 atom stereocenters.